The second kappa shape index (κ2) is 6.35. The minimum atomic E-state index is -1.71. The molecular weight excluding hydrogens is 308 g/mol. The number of methoxy groups -OCH3 is 1. The molecule has 1 atom stereocenters. The molecule has 1 heterocycles. The maximum Gasteiger partial charge on any atom is 0.359 e. The van der Waals surface area contributed by atoms with E-state index in [-0.39, 0.29) is 18.8 Å². The van der Waals surface area contributed by atoms with Crippen LogP contribution >= 0.6 is 0 Å². The fourth-order valence-electron chi connectivity index (χ4n) is 2.88. The van der Waals surface area contributed by atoms with Gasteiger partial charge in [0.2, 0.25) is 5.78 Å². The third kappa shape index (κ3) is 2.52. The van der Waals surface area contributed by atoms with Crippen molar-refractivity contribution in [1.82, 2.24) is 0 Å². The average molecular weight is 326 g/mol. The molecule has 5 nitrogen and oxygen atoms in total. The summed E-state index contributed by atoms with van der Waals surface area (Å²) in [7, 11) is 1.54. The number of carbonyl (C=O) groups is 2. The van der Waals surface area contributed by atoms with E-state index >= 15 is 0 Å². The summed E-state index contributed by atoms with van der Waals surface area (Å²) in [4.78, 5) is 25.6. The van der Waals surface area contributed by atoms with Crippen LogP contribution in [0.2, 0.25) is 0 Å². The van der Waals surface area contributed by atoms with Gasteiger partial charge in [0.05, 0.1) is 19.3 Å². The van der Waals surface area contributed by atoms with Crippen molar-refractivity contribution >= 4 is 11.8 Å². The van der Waals surface area contributed by atoms with Gasteiger partial charge in [-0.2, -0.15) is 0 Å². The smallest absolute Gasteiger partial charge is 0.359 e. The van der Waals surface area contributed by atoms with Crippen LogP contribution in [0.25, 0.3) is 0 Å². The Kier molecular flexibility index (Phi) is 4.25. The Morgan fingerprint density at radius 1 is 1.12 bits per heavy atom. The fourth-order valence-corrected chi connectivity index (χ4v) is 2.88. The summed E-state index contributed by atoms with van der Waals surface area (Å²) in [5.41, 5.74) is -0.622. The number of hydrogen-bond acceptors (Lipinski definition) is 5. The van der Waals surface area contributed by atoms with Crippen LogP contribution in [0.1, 0.15) is 22.8 Å². The molecule has 1 unspecified atom stereocenters. The second-order valence-electron chi connectivity index (χ2n) is 5.46. The van der Waals surface area contributed by atoms with Gasteiger partial charge in [-0.3, -0.25) is 4.79 Å². The number of hydrogen-bond donors (Lipinski definition) is 0. The molecule has 0 bridgehead atoms. The Balaban J connectivity index is 2.06. The molecule has 124 valence electrons. The van der Waals surface area contributed by atoms with Gasteiger partial charge >= 0.3 is 5.97 Å². The number of carbonyl (C=O) groups excluding carboxylic acids is 2. The highest BCUT2D eigenvalue weighted by molar-refractivity contribution is 6.19. The van der Waals surface area contributed by atoms with Gasteiger partial charge in [0.1, 0.15) is 11.5 Å². The molecule has 2 aromatic carbocycles. The minimum Gasteiger partial charge on any atom is -0.496 e. The SMILES string of the molecule is CCOC(=O)C1(Cc2ccccc2OC)Oc2ccccc2C1=O. The first kappa shape index (κ1) is 16.1. The van der Waals surface area contributed by atoms with Gasteiger partial charge in [-0.15, -0.1) is 0 Å². The van der Waals surface area contributed by atoms with Gasteiger partial charge in [0, 0.05) is 6.42 Å². The average Bonchev–Trinajstić information content (AvgIpc) is 2.89. The third-order valence-electron chi connectivity index (χ3n) is 4.02. The minimum absolute atomic E-state index is 0.0450. The standard InChI is InChI=1S/C19H18O5/c1-3-23-18(21)19(12-13-8-4-6-10-15(13)22-2)17(20)14-9-5-7-11-16(14)24-19/h4-11H,3,12H2,1-2H3. The lowest BCUT2D eigenvalue weighted by molar-refractivity contribution is -0.156. The van der Waals surface area contributed by atoms with Gasteiger partial charge in [0.25, 0.3) is 5.60 Å². The van der Waals surface area contributed by atoms with Crippen LogP contribution in [0.15, 0.2) is 48.5 Å². The molecule has 0 saturated carbocycles. The van der Waals surface area contributed by atoms with E-state index in [2.05, 4.69) is 0 Å². The zero-order chi connectivity index (χ0) is 17.2. The molecule has 0 radical (unpaired) electrons. The topological polar surface area (TPSA) is 61.8 Å². The van der Waals surface area contributed by atoms with Crippen molar-refractivity contribution in [3.8, 4) is 11.5 Å². The molecule has 0 fully saturated rings. The van der Waals surface area contributed by atoms with Crippen molar-refractivity contribution in [2.75, 3.05) is 13.7 Å². The number of para-hydroxylation sites is 2. The van der Waals surface area contributed by atoms with Crippen molar-refractivity contribution in [2.45, 2.75) is 18.9 Å². The highest BCUT2D eigenvalue weighted by Gasteiger charge is 2.55. The monoisotopic (exact) mass is 326 g/mol. The van der Waals surface area contributed by atoms with E-state index in [0.717, 1.165) is 0 Å². The Hall–Kier alpha value is -2.82. The molecule has 0 aliphatic carbocycles. The fraction of sp³-hybridized carbons (Fsp3) is 0.263. The number of fused-ring (bicyclic) bond motifs is 1. The van der Waals surface area contributed by atoms with Crippen LogP contribution in [0.3, 0.4) is 0 Å². The molecule has 2 aromatic rings. The first-order valence-electron chi connectivity index (χ1n) is 7.74. The Morgan fingerprint density at radius 3 is 2.54 bits per heavy atom. The molecule has 1 aliphatic heterocycles. The van der Waals surface area contributed by atoms with Gasteiger partial charge in [0.15, 0.2) is 0 Å². The summed E-state index contributed by atoms with van der Waals surface area (Å²) in [6.45, 7) is 1.86. The number of Topliss-reactive ketones (excluding diaryl/α,β-unsaturated/α-hetero) is 1. The summed E-state index contributed by atoms with van der Waals surface area (Å²) >= 11 is 0. The van der Waals surface area contributed by atoms with E-state index in [1.807, 2.05) is 12.1 Å². The van der Waals surface area contributed by atoms with Crippen LogP contribution in [0, 0.1) is 0 Å². The van der Waals surface area contributed by atoms with Crippen molar-refractivity contribution < 1.29 is 23.8 Å². The molecule has 0 amide bonds. The molecule has 0 aromatic heterocycles. The summed E-state index contributed by atoms with van der Waals surface area (Å²) in [6.07, 6.45) is 0.0450. The van der Waals surface area contributed by atoms with E-state index < -0.39 is 11.6 Å². The molecule has 1 aliphatic rings. The predicted molar refractivity (Wildman–Crippen MR) is 87.5 cm³/mol. The zero-order valence-electron chi connectivity index (χ0n) is 13.6. The number of ketones is 1. The maximum atomic E-state index is 13.0. The van der Waals surface area contributed by atoms with Crippen LogP contribution in [0.4, 0.5) is 0 Å². The van der Waals surface area contributed by atoms with Gasteiger partial charge in [-0.05, 0) is 30.7 Å². The number of esters is 1. The molecular formula is C19H18O5. The molecule has 5 heteroatoms. The second-order valence-corrected chi connectivity index (χ2v) is 5.46. The van der Waals surface area contributed by atoms with E-state index in [0.29, 0.717) is 22.6 Å². The summed E-state index contributed by atoms with van der Waals surface area (Å²) in [5, 5.41) is 0. The van der Waals surface area contributed by atoms with Gasteiger partial charge in [-0.25, -0.2) is 4.79 Å². The first-order chi connectivity index (χ1) is 11.6. The van der Waals surface area contributed by atoms with Gasteiger partial charge in [-0.1, -0.05) is 30.3 Å². The van der Waals surface area contributed by atoms with E-state index in [1.165, 1.54) is 0 Å². The number of benzene rings is 2. The maximum absolute atomic E-state index is 13.0. The highest BCUT2D eigenvalue weighted by atomic mass is 16.6. The summed E-state index contributed by atoms with van der Waals surface area (Å²) in [6, 6.07) is 14.1. The van der Waals surface area contributed by atoms with E-state index in [9.17, 15) is 9.59 Å². The Morgan fingerprint density at radius 2 is 1.83 bits per heavy atom. The number of ether oxygens (including phenoxy) is 3. The molecule has 0 N–H and O–H groups in total. The quantitative estimate of drug-likeness (QED) is 0.624. The molecule has 0 spiro atoms. The van der Waals surface area contributed by atoms with Crippen LogP contribution < -0.4 is 9.47 Å². The van der Waals surface area contributed by atoms with E-state index in [1.54, 1.807) is 50.4 Å². The molecule has 24 heavy (non-hydrogen) atoms. The largest absolute Gasteiger partial charge is 0.496 e. The van der Waals surface area contributed by atoms with Crippen LogP contribution in [-0.4, -0.2) is 31.1 Å². The normalized spacial score (nSPS) is 18.7. The highest BCUT2D eigenvalue weighted by Crippen LogP contribution is 2.39. The zero-order valence-corrected chi connectivity index (χ0v) is 13.6. The lowest BCUT2D eigenvalue weighted by Crippen LogP contribution is -2.51. The van der Waals surface area contributed by atoms with Crippen LogP contribution in [0.5, 0.6) is 11.5 Å². The molecule has 0 saturated heterocycles. The van der Waals surface area contributed by atoms with Crippen molar-refractivity contribution in [1.29, 1.82) is 0 Å². The predicted octanol–water partition coefficient (Wildman–Crippen LogP) is 2.81. The Bertz CT molecular complexity index is 783. The molecule has 3 rings (SSSR count). The first-order valence-corrected chi connectivity index (χ1v) is 7.74. The summed E-state index contributed by atoms with van der Waals surface area (Å²) < 4.78 is 16.3. The van der Waals surface area contributed by atoms with Gasteiger partial charge < -0.3 is 14.2 Å². The number of rotatable bonds is 5. The lowest BCUT2D eigenvalue weighted by Gasteiger charge is -2.25. The van der Waals surface area contributed by atoms with E-state index in [4.69, 9.17) is 14.2 Å². The van der Waals surface area contributed by atoms with Crippen molar-refractivity contribution in [3.63, 3.8) is 0 Å². The lowest BCUT2D eigenvalue weighted by atomic mass is 9.88. The third-order valence-corrected chi connectivity index (χ3v) is 4.02. The summed E-state index contributed by atoms with van der Waals surface area (Å²) in [5.74, 6) is -0.0847. The van der Waals surface area contributed by atoms with Crippen molar-refractivity contribution in [3.05, 3.63) is 59.7 Å². The Labute approximate surface area is 140 Å². The van der Waals surface area contributed by atoms with Crippen LogP contribution in [-0.2, 0) is 16.0 Å². The van der Waals surface area contributed by atoms with Crippen molar-refractivity contribution in [2.24, 2.45) is 0 Å².